The Kier molecular flexibility index (Phi) is 3.63. The summed E-state index contributed by atoms with van der Waals surface area (Å²) in [4.78, 5) is 23.8. The fraction of sp³-hybridized carbons (Fsp3) is 0.158. The molecule has 0 unspecified atom stereocenters. The standard InChI is InChI=1S/C19H17NO2/c1-12-8-10-15(11-9-12)16-17(19(22)18(16)21)20-13(2)14-6-4-3-5-7-14/h3-11,13,20H,1-2H3/t13-/m1/s1. The van der Waals surface area contributed by atoms with Gasteiger partial charge >= 0.3 is 0 Å². The Labute approximate surface area is 128 Å². The second-order valence-electron chi connectivity index (χ2n) is 5.55. The van der Waals surface area contributed by atoms with Crippen LogP contribution in [0.15, 0.2) is 64.2 Å². The summed E-state index contributed by atoms with van der Waals surface area (Å²) in [5.74, 6) is 0. The molecule has 0 spiro atoms. The van der Waals surface area contributed by atoms with Crippen molar-refractivity contribution in [1.29, 1.82) is 0 Å². The van der Waals surface area contributed by atoms with Gasteiger partial charge in [-0.15, -0.1) is 0 Å². The van der Waals surface area contributed by atoms with Gasteiger partial charge < -0.3 is 5.32 Å². The molecule has 0 amide bonds. The Hall–Kier alpha value is -2.68. The van der Waals surface area contributed by atoms with Gasteiger partial charge in [0, 0.05) is 6.04 Å². The van der Waals surface area contributed by atoms with E-state index in [1.807, 2.05) is 68.4 Å². The minimum atomic E-state index is -0.432. The van der Waals surface area contributed by atoms with Crippen LogP contribution in [-0.2, 0) is 0 Å². The van der Waals surface area contributed by atoms with E-state index in [0.29, 0.717) is 11.3 Å². The SMILES string of the molecule is Cc1ccc(-c2c(N[C@H](C)c3ccccc3)c(=O)c2=O)cc1. The zero-order chi connectivity index (χ0) is 15.7. The first-order valence-corrected chi connectivity index (χ1v) is 7.29. The number of anilines is 1. The van der Waals surface area contributed by atoms with E-state index in [4.69, 9.17) is 0 Å². The van der Waals surface area contributed by atoms with Crippen molar-refractivity contribution in [3.8, 4) is 11.1 Å². The van der Waals surface area contributed by atoms with Crippen LogP contribution in [0.5, 0.6) is 0 Å². The lowest BCUT2D eigenvalue weighted by molar-refractivity contribution is 0.880. The van der Waals surface area contributed by atoms with Crippen molar-refractivity contribution in [2.75, 3.05) is 5.32 Å². The van der Waals surface area contributed by atoms with Crippen molar-refractivity contribution >= 4 is 5.69 Å². The zero-order valence-electron chi connectivity index (χ0n) is 12.6. The third kappa shape index (κ3) is 2.46. The second kappa shape index (κ2) is 5.60. The maximum absolute atomic E-state index is 11.9. The molecule has 0 saturated heterocycles. The van der Waals surface area contributed by atoms with Crippen molar-refractivity contribution in [1.82, 2.24) is 0 Å². The zero-order valence-corrected chi connectivity index (χ0v) is 12.6. The first-order chi connectivity index (χ1) is 10.6. The predicted molar refractivity (Wildman–Crippen MR) is 90.0 cm³/mol. The highest BCUT2D eigenvalue weighted by atomic mass is 16.2. The van der Waals surface area contributed by atoms with Crippen LogP contribution in [0.2, 0.25) is 0 Å². The summed E-state index contributed by atoms with van der Waals surface area (Å²) in [5.41, 5.74) is 3.06. The van der Waals surface area contributed by atoms with Crippen LogP contribution < -0.4 is 16.2 Å². The van der Waals surface area contributed by atoms with Crippen molar-refractivity contribution in [3.05, 3.63) is 86.2 Å². The van der Waals surface area contributed by atoms with Gasteiger partial charge in [-0.2, -0.15) is 0 Å². The summed E-state index contributed by atoms with van der Waals surface area (Å²) in [6.07, 6.45) is 0. The first-order valence-electron chi connectivity index (χ1n) is 7.29. The van der Waals surface area contributed by atoms with Gasteiger partial charge in [-0.1, -0.05) is 60.2 Å². The van der Waals surface area contributed by atoms with Crippen LogP contribution in [-0.4, -0.2) is 0 Å². The molecule has 3 nitrogen and oxygen atoms in total. The fourth-order valence-electron chi connectivity index (χ4n) is 2.57. The number of hydrogen-bond donors (Lipinski definition) is 1. The molecule has 0 bridgehead atoms. The van der Waals surface area contributed by atoms with Crippen LogP contribution in [0.3, 0.4) is 0 Å². The van der Waals surface area contributed by atoms with Gasteiger partial charge in [0.2, 0.25) is 10.9 Å². The molecule has 0 aliphatic heterocycles. The average Bonchev–Trinajstić information content (AvgIpc) is 2.56. The highest BCUT2D eigenvalue weighted by molar-refractivity contribution is 5.82. The van der Waals surface area contributed by atoms with E-state index in [9.17, 15) is 9.59 Å². The molecule has 3 heteroatoms. The van der Waals surface area contributed by atoms with Gasteiger partial charge in [0.1, 0.15) is 0 Å². The van der Waals surface area contributed by atoms with E-state index in [1.54, 1.807) is 0 Å². The lowest BCUT2D eigenvalue weighted by atomic mass is 9.96. The maximum atomic E-state index is 11.9. The summed E-state index contributed by atoms with van der Waals surface area (Å²) in [5, 5.41) is 3.19. The minimum Gasteiger partial charge on any atom is -0.375 e. The number of aryl methyl sites for hydroxylation is 1. The van der Waals surface area contributed by atoms with Crippen molar-refractivity contribution in [2.24, 2.45) is 0 Å². The summed E-state index contributed by atoms with van der Waals surface area (Å²) >= 11 is 0. The molecule has 1 atom stereocenters. The number of benzene rings is 2. The molecule has 0 heterocycles. The molecule has 0 radical (unpaired) electrons. The Morgan fingerprint density at radius 1 is 0.864 bits per heavy atom. The largest absolute Gasteiger partial charge is 0.375 e. The Balaban J connectivity index is 1.93. The van der Waals surface area contributed by atoms with Crippen LogP contribution in [0.4, 0.5) is 5.69 Å². The topological polar surface area (TPSA) is 46.2 Å². The van der Waals surface area contributed by atoms with Gasteiger partial charge in [0.15, 0.2) is 0 Å². The first kappa shape index (κ1) is 14.3. The number of nitrogens with one attached hydrogen (secondary N) is 1. The third-order valence-electron chi connectivity index (χ3n) is 3.91. The molecule has 3 aromatic rings. The van der Waals surface area contributed by atoms with Crippen molar-refractivity contribution in [3.63, 3.8) is 0 Å². The summed E-state index contributed by atoms with van der Waals surface area (Å²) in [6, 6.07) is 17.5. The Morgan fingerprint density at radius 2 is 1.50 bits per heavy atom. The van der Waals surface area contributed by atoms with Gasteiger partial charge in [0.05, 0.1) is 11.3 Å². The van der Waals surface area contributed by atoms with E-state index in [0.717, 1.165) is 16.7 Å². The van der Waals surface area contributed by atoms with E-state index < -0.39 is 10.9 Å². The van der Waals surface area contributed by atoms with Gasteiger partial charge in [-0.3, -0.25) is 9.59 Å². The molecule has 0 fully saturated rings. The molecule has 0 aliphatic carbocycles. The van der Waals surface area contributed by atoms with Crippen molar-refractivity contribution in [2.45, 2.75) is 19.9 Å². The predicted octanol–water partition coefficient (Wildman–Crippen LogP) is 3.43. The third-order valence-corrected chi connectivity index (χ3v) is 3.91. The smallest absolute Gasteiger partial charge is 0.250 e. The molecular formula is C19H17NO2. The second-order valence-corrected chi connectivity index (χ2v) is 5.55. The highest BCUT2D eigenvalue weighted by Crippen LogP contribution is 2.27. The molecule has 1 N–H and O–H groups in total. The quantitative estimate of drug-likeness (QED) is 0.749. The monoisotopic (exact) mass is 291 g/mol. The van der Waals surface area contributed by atoms with Crippen LogP contribution in [0.25, 0.3) is 11.1 Å². The molecule has 22 heavy (non-hydrogen) atoms. The molecule has 3 aromatic carbocycles. The molecule has 0 aromatic heterocycles. The normalized spacial score (nSPS) is 12.3. The van der Waals surface area contributed by atoms with E-state index >= 15 is 0 Å². The van der Waals surface area contributed by atoms with Gasteiger partial charge in [-0.25, -0.2) is 0 Å². The molecular weight excluding hydrogens is 274 g/mol. The maximum Gasteiger partial charge on any atom is 0.250 e. The Bertz CT molecular complexity index is 857. The van der Waals surface area contributed by atoms with E-state index in [2.05, 4.69) is 5.32 Å². The minimum absolute atomic E-state index is 0.0336. The van der Waals surface area contributed by atoms with Crippen molar-refractivity contribution < 1.29 is 0 Å². The summed E-state index contributed by atoms with van der Waals surface area (Å²) < 4.78 is 0. The van der Waals surface area contributed by atoms with E-state index in [1.165, 1.54) is 0 Å². The molecule has 0 aliphatic rings. The van der Waals surface area contributed by atoms with Crippen LogP contribution in [0.1, 0.15) is 24.1 Å². The summed E-state index contributed by atoms with van der Waals surface area (Å²) in [7, 11) is 0. The fourth-order valence-corrected chi connectivity index (χ4v) is 2.57. The lowest BCUT2D eigenvalue weighted by Gasteiger charge is -2.19. The van der Waals surface area contributed by atoms with Crippen LogP contribution >= 0.6 is 0 Å². The number of rotatable bonds is 4. The molecule has 0 saturated carbocycles. The number of hydrogen-bond acceptors (Lipinski definition) is 3. The van der Waals surface area contributed by atoms with E-state index in [-0.39, 0.29) is 6.04 Å². The highest BCUT2D eigenvalue weighted by Gasteiger charge is 2.23. The lowest BCUT2D eigenvalue weighted by Crippen LogP contribution is -2.36. The molecule has 3 rings (SSSR count). The van der Waals surface area contributed by atoms with Crippen LogP contribution in [0, 0.1) is 6.92 Å². The molecule has 110 valence electrons. The van der Waals surface area contributed by atoms with Gasteiger partial charge in [-0.05, 0) is 25.0 Å². The average molecular weight is 291 g/mol. The van der Waals surface area contributed by atoms with Gasteiger partial charge in [0.25, 0.3) is 0 Å². The summed E-state index contributed by atoms with van der Waals surface area (Å²) in [6.45, 7) is 3.97. The Morgan fingerprint density at radius 3 is 2.14 bits per heavy atom.